The van der Waals surface area contributed by atoms with Gasteiger partial charge in [0.15, 0.2) is 0 Å². The molecule has 0 saturated carbocycles. The highest BCUT2D eigenvalue weighted by molar-refractivity contribution is 5.70. The number of carbonyl (C=O) groups is 1. The maximum atomic E-state index is 15.4. The standard InChI is InChI=1S/C22H32FN3O2/c1-22(2,3)28-21(27)26-16-7-8-17(26)13-25(12-16)19-10-5-14-11-15(24-4)6-9-18(14)20(19)23/h5,10,15-17,24H,6-9,11-13H2,1-4H3. The van der Waals surface area contributed by atoms with Crippen LogP contribution in [0.1, 0.15) is 51.2 Å². The van der Waals surface area contributed by atoms with Gasteiger partial charge in [0.05, 0.1) is 17.8 Å². The number of halogens is 1. The lowest BCUT2D eigenvalue weighted by Gasteiger charge is -2.42. The molecule has 2 fully saturated rings. The number of anilines is 1. The Morgan fingerprint density at radius 2 is 1.86 bits per heavy atom. The first kappa shape index (κ1) is 19.5. The van der Waals surface area contributed by atoms with E-state index in [4.69, 9.17) is 4.74 Å². The highest BCUT2D eigenvalue weighted by Gasteiger charge is 2.44. The number of rotatable bonds is 2. The van der Waals surface area contributed by atoms with E-state index in [9.17, 15) is 4.79 Å². The maximum Gasteiger partial charge on any atom is 0.410 e. The molecule has 1 aromatic carbocycles. The zero-order valence-electron chi connectivity index (χ0n) is 17.4. The fraction of sp³-hybridized carbons (Fsp3) is 0.682. The van der Waals surface area contributed by atoms with E-state index in [0.717, 1.165) is 43.2 Å². The molecule has 0 aromatic heterocycles. The van der Waals surface area contributed by atoms with E-state index in [2.05, 4.69) is 16.3 Å². The van der Waals surface area contributed by atoms with Crippen LogP contribution in [0.2, 0.25) is 0 Å². The molecule has 154 valence electrons. The summed E-state index contributed by atoms with van der Waals surface area (Å²) >= 11 is 0. The van der Waals surface area contributed by atoms with Gasteiger partial charge < -0.3 is 15.0 Å². The van der Waals surface area contributed by atoms with E-state index in [1.54, 1.807) is 0 Å². The number of carbonyl (C=O) groups excluding carboxylic acids is 1. The van der Waals surface area contributed by atoms with Crippen LogP contribution < -0.4 is 10.2 Å². The minimum atomic E-state index is -0.497. The van der Waals surface area contributed by atoms with Crippen molar-refractivity contribution in [2.24, 2.45) is 0 Å². The third-order valence-corrected chi connectivity index (χ3v) is 6.36. The molecular formula is C22H32FN3O2. The summed E-state index contributed by atoms with van der Waals surface area (Å²) in [6.07, 6.45) is 4.32. The number of fused-ring (bicyclic) bond motifs is 3. The molecule has 0 spiro atoms. The Kier molecular flexibility index (Phi) is 5.02. The first-order chi connectivity index (χ1) is 13.3. The molecular weight excluding hydrogens is 357 g/mol. The van der Waals surface area contributed by atoms with E-state index >= 15 is 4.39 Å². The predicted octanol–water partition coefficient (Wildman–Crippen LogP) is 3.49. The van der Waals surface area contributed by atoms with E-state index in [1.807, 2.05) is 38.8 Å². The highest BCUT2D eigenvalue weighted by Crippen LogP contribution is 2.37. The summed E-state index contributed by atoms with van der Waals surface area (Å²) in [5.41, 5.74) is 2.21. The van der Waals surface area contributed by atoms with Gasteiger partial charge in [-0.15, -0.1) is 0 Å². The van der Waals surface area contributed by atoms with Gasteiger partial charge in [0.2, 0.25) is 0 Å². The lowest BCUT2D eigenvalue weighted by Crippen LogP contribution is -2.57. The molecule has 3 atom stereocenters. The zero-order valence-corrected chi connectivity index (χ0v) is 17.4. The van der Waals surface area contributed by atoms with Crippen LogP contribution in [0, 0.1) is 5.82 Å². The second-order valence-electron chi connectivity index (χ2n) is 9.44. The van der Waals surface area contributed by atoms with Gasteiger partial charge in [-0.1, -0.05) is 6.07 Å². The maximum absolute atomic E-state index is 15.4. The third-order valence-electron chi connectivity index (χ3n) is 6.36. The summed E-state index contributed by atoms with van der Waals surface area (Å²) < 4.78 is 21.0. The molecule has 1 amide bonds. The predicted molar refractivity (Wildman–Crippen MR) is 108 cm³/mol. The van der Waals surface area contributed by atoms with Gasteiger partial charge in [0, 0.05) is 19.1 Å². The molecule has 3 unspecified atom stereocenters. The van der Waals surface area contributed by atoms with Gasteiger partial charge in [-0.3, -0.25) is 4.90 Å². The van der Waals surface area contributed by atoms with Gasteiger partial charge in [-0.25, -0.2) is 9.18 Å². The van der Waals surface area contributed by atoms with Crippen molar-refractivity contribution in [2.75, 3.05) is 25.0 Å². The van der Waals surface area contributed by atoms with Crippen molar-refractivity contribution in [1.29, 1.82) is 0 Å². The number of benzene rings is 1. The van der Waals surface area contributed by atoms with Crippen molar-refractivity contribution < 1.29 is 13.9 Å². The molecule has 2 saturated heterocycles. The molecule has 2 bridgehead atoms. The topological polar surface area (TPSA) is 44.8 Å². The van der Waals surface area contributed by atoms with Gasteiger partial charge in [0.25, 0.3) is 0 Å². The molecule has 2 aliphatic heterocycles. The van der Waals surface area contributed by atoms with Crippen LogP contribution >= 0.6 is 0 Å². The smallest absolute Gasteiger partial charge is 0.410 e. The number of piperazine rings is 1. The zero-order chi connectivity index (χ0) is 20.1. The molecule has 3 aliphatic rings. The molecule has 2 heterocycles. The minimum absolute atomic E-state index is 0.0582. The summed E-state index contributed by atoms with van der Waals surface area (Å²) in [6, 6.07) is 4.66. The third kappa shape index (κ3) is 3.59. The molecule has 0 radical (unpaired) electrons. The first-order valence-electron chi connectivity index (χ1n) is 10.5. The van der Waals surface area contributed by atoms with E-state index in [1.165, 1.54) is 0 Å². The van der Waals surface area contributed by atoms with Crippen LogP contribution in [-0.4, -0.2) is 54.9 Å². The van der Waals surface area contributed by atoms with Crippen molar-refractivity contribution in [3.63, 3.8) is 0 Å². The van der Waals surface area contributed by atoms with Crippen LogP contribution in [0.5, 0.6) is 0 Å². The first-order valence-corrected chi connectivity index (χ1v) is 10.5. The number of ether oxygens (including phenoxy) is 1. The van der Waals surface area contributed by atoms with Crippen molar-refractivity contribution >= 4 is 11.8 Å². The van der Waals surface area contributed by atoms with Gasteiger partial charge in [-0.2, -0.15) is 0 Å². The summed E-state index contributed by atoms with van der Waals surface area (Å²) in [5.74, 6) is -0.0582. The molecule has 4 rings (SSSR count). The SMILES string of the molecule is CNC1CCc2c(ccc(N3CC4CCC(C3)N4C(=O)OC(C)(C)C)c2F)C1. The van der Waals surface area contributed by atoms with Crippen LogP contribution in [0.15, 0.2) is 12.1 Å². The van der Waals surface area contributed by atoms with Crippen molar-refractivity contribution in [3.8, 4) is 0 Å². The van der Waals surface area contributed by atoms with E-state index < -0.39 is 5.60 Å². The molecule has 28 heavy (non-hydrogen) atoms. The molecule has 5 nitrogen and oxygen atoms in total. The second-order valence-corrected chi connectivity index (χ2v) is 9.44. The fourth-order valence-electron chi connectivity index (χ4n) is 5.00. The van der Waals surface area contributed by atoms with Crippen molar-refractivity contribution in [1.82, 2.24) is 10.2 Å². The van der Waals surface area contributed by atoms with E-state index in [0.29, 0.717) is 24.8 Å². The average molecular weight is 390 g/mol. The largest absolute Gasteiger partial charge is 0.444 e. The Bertz CT molecular complexity index is 747. The number of nitrogens with one attached hydrogen (secondary N) is 1. The lowest BCUT2D eigenvalue weighted by atomic mass is 9.87. The number of nitrogens with zero attached hydrogens (tertiary/aromatic N) is 2. The minimum Gasteiger partial charge on any atom is -0.444 e. The number of amides is 1. The highest BCUT2D eigenvalue weighted by atomic mass is 19.1. The van der Waals surface area contributed by atoms with Crippen LogP contribution in [0.4, 0.5) is 14.9 Å². The number of likely N-dealkylation sites (N-methyl/N-ethyl adjacent to an activating group) is 1. The number of hydrogen-bond acceptors (Lipinski definition) is 4. The van der Waals surface area contributed by atoms with Crippen LogP contribution in [0.3, 0.4) is 0 Å². The Hall–Kier alpha value is -1.82. The Balaban J connectivity index is 1.52. The quantitative estimate of drug-likeness (QED) is 0.841. The summed E-state index contributed by atoms with van der Waals surface area (Å²) in [5, 5.41) is 3.31. The molecule has 6 heteroatoms. The Labute approximate surface area is 167 Å². The van der Waals surface area contributed by atoms with E-state index in [-0.39, 0.29) is 24.0 Å². The monoisotopic (exact) mass is 389 g/mol. The van der Waals surface area contributed by atoms with Crippen LogP contribution in [-0.2, 0) is 17.6 Å². The second kappa shape index (κ2) is 7.21. The molecule has 1 aliphatic carbocycles. The fourth-order valence-corrected chi connectivity index (χ4v) is 5.00. The number of hydrogen-bond donors (Lipinski definition) is 1. The summed E-state index contributed by atoms with van der Waals surface area (Å²) in [7, 11) is 1.97. The summed E-state index contributed by atoms with van der Waals surface area (Å²) in [4.78, 5) is 16.7. The van der Waals surface area contributed by atoms with Crippen LogP contribution in [0.25, 0.3) is 0 Å². The normalized spacial score (nSPS) is 27.0. The lowest BCUT2D eigenvalue weighted by molar-refractivity contribution is 0.0123. The van der Waals surface area contributed by atoms with Gasteiger partial charge in [-0.05, 0) is 77.1 Å². The van der Waals surface area contributed by atoms with Gasteiger partial charge >= 0.3 is 6.09 Å². The van der Waals surface area contributed by atoms with Crippen molar-refractivity contribution in [2.45, 2.75) is 76.6 Å². The average Bonchev–Trinajstić information content (AvgIpc) is 2.90. The summed E-state index contributed by atoms with van der Waals surface area (Å²) in [6.45, 7) is 7.02. The molecule has 1 aromatic rings. The van der Waals surface area contributed by atoms with Crippen molar-refractivity contribution in [3.05, 3.63) is 29.1 Å². The van der Waals surface area contributed by atoms with Gasteiger partial charge in [0.1, 0.15) is 11.4 Å². The molecule has 1 N–H and O–H groups in total. The Morgan fingerprint density at radius 1 is 1.18 bits per heavy atom. The Morgan fingerprint density at radius 3 is 2.46 bits per heavy atom.